The fourth-order valence-corrected chi connectivity index (χ4v) is 2.68. The van der Waals surface area contributed by atoms with E-state index in [0.29, 0.717) is 11.6 Å². The third-order valence-corrected chi connectivity index (χ3v) is 4.08. The molecule has 0 aromatic heterocycles. The highest BCUT2D eigenvalue weighted by Crippen LogP contribution is 2.26. The minimum Gasteiger partial charge on any atom is -0.379 e. The highest BCUT2D eigenvalue weighted by atomic mass is 79.9. The molecule has 1 nitrogen and oxygen atoms in total. The van der Waals surface area contributed by atoms with E-state index in [2.05, 4.69) is 37.2 Å². The largest absolute Gasteiger partial charge is 0.379 e. The lowest BCUT2D eigenvalue weighted by molar-refractivity contribution is 0.580. The van der Waals surface area contributed by atoms with Gasteiger partial charge in [0.1, 0.15) is 11.6 Å². The topological polar surface area (TPSA) is 12.0 Å². The van der Waals surface area contributed by atoms with Gasteiger partial charge in [-0.05, 0) is 39.7 Å². The third kappa shape index (κ3) is 3.68. The van der Waals surface area contributed by atoms with Crippen LogP contribution < -0.4 is 5.32 Å². The minimum atomic E-state index is -0.634. The van der Waals surface area contributed by atoms with Crippen molar-refractivity contribution in [2.45, 2.75) is 6.54 Å². The van der Waals surface area contributed by atoms with Crippen molar-refractivity contribution in [3.63, 3.8) is 0 Å². The molecule has 0 saturated carbocycles. The van der Waals surface area contributed by atoms with Crippen LogP contribution in [0.3, 0.4) is 0 Å². The smallest absolute Gasteiger partial charge is 0.149 e. The van der Waals surface area contributed by atoms with Gasteiger partial charge in [0, 0.05) is 22.1 Å². The first-order valence-corrected chi connectivity index (χ1v) is 7.26. The van der Waals surface area contributed by atoms with Gasteiger partial charge in [-0.15, -0.1) is 0 Å². The van der Waals surface area contributed by atoms with E-state index < -0.39 is 11.6 Å². The lowest BCUT2D eigenvalue weighted by atomic mass is 10.2. The molecule has 6 heteroatoms. The average molecular weight is 411 g/mol. The Morgan fingerprint density at radius 2 is 1.74 bits per heavy atom. The molecule has 0 fully saturated rings. The van der Waals surface area contributed by atoms with Crippen LogP contribution in [-0.4, -0.2) is 0 Å². The predicted molar refractivity (Wildman–Crippen MR) is 80.5 cm³/mol. The van der Waals surface area contributed by atoms with Crippen molar-refractivity contribution in [2.75, 3.05) is 5.32 Å². The van der Waals surface area contributed by atoms with E-state index >= 15 is 0 Å². The molecule has 2 aromatic rings. The van der Waals surface area contributed by atoms with Gasteiger partial charge in [-0.25, -0.2) is 8.78 Å². The summed E-state index contributed by atoms with van der Waals surface area (Å²) in [5, 5.41) is 3.53. The van der Waals surface area contributed by atoms with Crippen LogP contribution in [0.15, 0.2) is 39.3 Å². The van der Waals surface area contributed by atoms with Crippen molar-refractivity contribution >= 4 is 49.1 Å². The molecule has 100 valence electrons. The summed E-state index contributed by atoms with van der Waals surface area (Å²) in [4.78, 5) is 0. The fourth-order valence-electron chi connectivity index (χ4n) is 1.51. The second-order valence-corrected chi connectivity index (χ2v) is 5.98. The van der Waals surface area contributed by atoms with Crippen LogP contribution in [0.1, 0.15) is 5.56 Å². The first-order chi connectivity index (χ1) is 8.97. The molecule has 0 aliphatic heterocycles. The molecule has 0 spiro atoms. The molecule has 0 radical (unpaired) electrons. The molecule has 1 N–H and O–H groups in total. The van der Waals surface area contributed by atoms with Crippen LogP contribution in [-0.2, 0) is 6.54 Å². The Hall–Kier alpha value is -0.650. The average Bonchev–Trinajstić information content (AvgIpc) is 2.34. The minimum absolute atomic E-state index is 0.214. The summed E-state index contributed by atoms with van der Waals surface area (Å²) >= 11 is 12.2. The van der Waals surface area contributed by atoms with E-state index in [4.69, 9.17) is 11.6 Å². The van der Waals surface area contributed by atoms with E-state index in [9.17, 15) is 8.78 Å². The van der Waals surface area contributed by atoms with Crippen LogP contribution in [0.2, 0.25) is 5.02 Å². The second kappa shape index (κ2) is 6.20. The predicted octanol–water partition coefficient (Wildman–Crippen LogP) is 5.76. The molecular weight excluding hydrogens is 403 g/mol. The fraction of sp³-hybridized carbons (Fsp3) is 0.0769. The van der Waals surface area contributed by atoms with E-state index in [1.54, 1.807) is 12.1 Å². The lowest BCUT2D eigenvalue weighted by Gasteiger charge is -2.10. The van der Waals surface area contributed by atoms with Crippen molar-refractivity contribution in [1.82, 2.24) is 0 Å². The van der Waals surface area contributed by atoms with Gasteiger partial charge in [0.25, 0.3) is 0 Å². The van der Waals surface area contributed by atoms with Crippen LogP contribution >= 0.6 is 43.5 Å². The summed E-state index contributed by atoms with van der Waals surface area (Å²) in [6.07, 6.45) is 0. The molecule has 0 bridgehead atoms. The van der Waals surface area contributed by atoms with Crippen molar-refractivity contribution in [3.05, 3.63) is 61.5 Å². The zero-order chi connectivity index (χ0) is 14.0. The van der Waals surface area contributed by atoms with Gasteiger partial charge in [0.2, 0.25) is 0 Å². The number of benzene rings is 2. The van der Waals surface area contributed by atoms with Gasteiger partial charge < -0.3 is 5.32 Å². The normalized spacial score (nSPS) is 10.6. The Morgan fingerprint density at radius 3 is 2.42 bits per heavy atom. The zero-order valence-electron chi connectivity index (χ0n) is 9.48. The Kier molecular flexibility index (Phi) is 4.81. The van der Waals surface area contributed by atoms with E-state index in [0.717, 1.165) is 16.1 Å². The zero-order valence-corrected chi connectivity index (χ0v) is 13.4. The summed E-state index contributed by atoms with van der Waals surface area (Å²) in [7, 11) is 0. The molecule has 0 heterocycles. The van der Waals surface area contributed by atoms with Crippen LogP contribution in [0.25, 0.3) is 0 Å². The third-order valence-electron chi connectivity index (χ3n) is 2.49. The van der Waals surface area contributed by atoms with Crippen LogP contribution in [0.5, 0.6) is 0 Å². The molecule has 2 aromatic carbocycles. The van der Waals surface area contributed by atoms with Crippen LogP contribution in [0.4, 0.5) is 14.5 Å². The van der Waals surface area contributed by atoms with Gasteiger partial charge in [-0.1, -0.05) is 33.6 Å². The summed E-state index contributed by atoms with van der Waals surface area (Å²) in [6.45, 7) is 0.396. The molecule has 0 saturated heterocycles. The summed E-state index contributed by atoms with van der Waals surface area (Å²) in [6, 6.07) is 7.55. The summed E-state index contributed by atoms with van der Waals surface area (Å²) in [5.41, 5.74) is 1.15. The van der Waals surface area contributed by atoms with E-state index in [1.807, 2.05) is 6.07 Å². The van der Waals surface area contributed by atoms with Gasteiger partial charge >= 0.3 is 0 Å². The van der Waals surface area contributed by atoms with E-state index in [-0.39, 0.29) is 10.2 Å². The molecular formula is C13H8Br2ClF2N. The Bertz CT molecular complexity index is 620. The molecule has 0 atom stereocenters. The Morgan fingerprint density at radius 1 is 1.00 bits per heavy atom. The molecule has 19 heavy (non-hydrogen) atoms. The molecule has 0 aliphatic carbocycles. The molecule has 2 rings (SSSR count). The van der Waals surface area contributed by atoms with Crippen molar-refractivity contribution in [3.8, 4) is 0 Å². The summed E-state index contributed by atoms with van der Waals surface area (Å²) in [5.74, 6) is -1.26. The molecule has 0 amide bonds. The highest BCUT2D eigenvalue weighted by molar-refractivity contribution is 9.10. The van der Waals surface area contributed by atoms with Gasteiger partial charge in [0.15, 0.2) is 0 Å². The van der Waals surface area contributed by atoms with Gasteiger partial charge in [-0.3, -0.25) is 0 Å². The van der Waals surface area contributed by atoms with Crippen molar-refractivity contribution < 1.29 is 8.78 Å². The van der Waals surface area contributed by atoms with Gasteiger partial charge in [-0.2, -0.15) is 0 Å². The standard InChI is InChI=1S/C13H8Br2ClF2N/c14-9-3-8(16)2-1-7(9)6-19-13-4-10(15)11(17)5-12(13)18/h1-5,19H,6H2. The number of hydrogen-bond donors (Lipinski definition) is 1. The quantitative estimate of drug-likeness (QED) is 0.634. The lowest BCUT2D eigenvalue weighted by Crippen LogP contribution is -2.02. The first kappa shape index (κ1) is 14.8. The number of rotatable bonds is 3. The van der Waals surface area contributed by atoms with Crippen LogP contribution in [0, 0.1) is 11.6 Å². The van der Waals surface area contributed by atoms with E-state index in [1.165, 1.54) is 6.07 Å². The number of anilines is 1. The highest BCUT2D eigenvalue weighted by Gasteiger charge is 2.08. The summed E-state index contributed by atoms with van der Waals surface area (Å²) < 4.78 is 27.7. The van der Waals surface area contributed by atoms with Crippen molar-refractivity contribution in [1.29, 1.82) is 0 Å². The molecule has 0 unspecified atom stereocenters. The molecule has 0 aliphatic rings. The first-order valence-electron chi connectivity index (χ1n) is 5.29. The Balaban J connectivity index is 2.16. The number of halogens is 5. The van der Waals surface area contributed by atoms with Gasteiger partial charge in [0.05, 0.1) is 10.2 Å². The Labute approximate surface area is 131 Å². The maximum absolute atomic E-state index is 13.5. The SMILES string of the molecule is Fc1cc(F)c(NCc2ccc(Cl)cc2Br)cc1Br. The number of nitrogens with one attached hydrogen (secondary N) is 1. The number of hydrogen-bond acceptors (Lipinski definition) is 1. The maximum Gasteiger partial charge on any atom is 0.149 e. The maximum atomic E-state index is 13.5. The van der Waals surface area contributed by atoms with Crippen molar-refractivity contribution in [2.24, 2.45) is 0 Å². The second-order valence-electron chi connectivity index (χ2n) is 3.84. The monoisotopic (exact) mass is 409 g/mol.